The predicted octanol–water partition coefficient (Wildman–Crippen LogP) is 1.23. The second kappa shape index (κ2) is 6.11. The van der Waals surface area contributed by atoms with Gasteiger partial charge in [-0.2, -0.15) is 0 Å². The number of carbonyl (C=O) groups is 1. The van der Waals surface area contributed by atoms with Gasteiger partial charge in [-0.3, -0.25) is 4.79 Å². The Bertz CT molecular complexity index is 653. The molecule has 21 heavy (non-hydrogen) atoms. The van der Waals surface area contributed by atoms with Gasteiger partial charge in [-0.1, -0.05) is 12.2 Å². The molecule has 1 aromatic carbocycles. The maximum absolute atomic E-state index is 12.4. The number of thiocarbonyl (C=S) groups is 1. The molecule has 0 saturated carbocycles. The molecule has 1 unspecified atom stereocenters. The van der Waals surface area contributed by atoms with E-state index in [1.54, 1.807) is 17.0 Å². The van der Waals surface area contributed by atoms with E-state index in [1.165, 1.54) is 12.1 Å². The molecular formula is C14H18N2O3S2. The van der Waals surface area contributed by atoms with Gasteiger partial charge in [0.25, 0.3) is 5.91 Å². The molecule has 2 N–H and O–H groups in total. The van der Waals surface area contributed by atoms with Gasteiger partial charge in [0.1, 0.15) is 0 Å². The summed E-state index contributed by atoms with van der Waals surface area (Å²) in [6.07, 6.45) is 2.92. The van der Waals surface area contributed by atoms with Crippen LogP contribution >= 0.6 is 12.2 Å². The van der Waals surface area contributed by atoms with Crippen LogP contribution in [0.1, 0.15) is 23.2 Å². The van der Waals surface area contributed by atoms with E-state index in [2.05, 4.69) is 0 Å². The maximum atomic E-state index is 12.4. The fraction of sp³-hybridized carbons (Fsp3) is 0.429. The van der Waals surface area contributed by atoms with Crippen molar-refractivity contribution in [3.8, 4) is 0 Å². The minimum atomic E-state index is -3.25. The predicted molar refractivity (Wildman–Crippen MR) is 85.0 cm³/mol. The van der Waals surface area contributed by atoms with Crippen molar-refractivity contribution in [3.63, 3.8) is 0 Å². The molecule has 0 aliphatic carbocycles. The number of amides is 1. The number of piperidine rings is 1. The zero-order chi connectivity index (χ0) is 15.6. The first-order valence-electron chi connectivity index (χ1n) is 6.68. The van der Waals surface area contributed by atoms with Crippen LogP contribution in [0.15, 0.2) is 29.2 Å². The van der Waals surface area contributed by atoms with Gasteiger partial charge < -0.3 is 10.6 Å². The van der Waals surface area contributed by atoms with E-state index in [0.29, 0.717) is 23.6 Å². The highest BCUT2D eigenvalue weighted by molar-refractivity contribution is 7.90. The van der Waals surface area contributed by atoms with E-state index >= 15 is 0 Å². The van der Waals surface area contributed by atoms with E-state index in [9.17, 15) is 13.2 Å². The summed E-state index contributed by atoms with van der Waals surface area (Å²) in [7, 11) is -3.25. The Morgan fingerprint density at radius 3 is 2.48 bits per heavy atom. The standard InChI is InChI=1S/C14H18N2O3S2/c1-21(18,19)12-6-4-10(5-7-12)14(17)16-8-2-3-11(9-16)13(15)20/h4-7,11H,2-3,8-9H2,1H3,(H2,15,20). The van der Waals surface area contributed by atoms with Crippen LogP contribution in [-0.4, -0.2) is 43.6 Å². The number of likely N-dealkylation sites (tertiary alicyclic amines) is 1. The quantitative estimate of drug-likeness (QED) is 0.845. The molecule has 1 fully saturated rings. The zero-order valence-corrected chi connectivity index (χ0v) is 13.4. The van der Waals surface area contributed by atoms with Gasteiger partial charge in [-0.15, -0.1) is 0 Å². The van der Waals surface area contributed by atoms with Crippen LogP contribution in [0.4, 0.5) is 0 Å². The molecular weight excluding hydrogens is 308 g/mol. The Balaban J connectivity index is 2.14. The van der Waals surface area contributed by atoms with Gasteiger partial charge >= 0.3 is 0 Å². The minimum absolute atomic E-state index is 0.0630. The number of sulfone groups is 1. The molecule has 0 spiro atoms. The first-order valence-corrected chi connectivity index (χ1v) is 8.97. The summed E-state index contributed by atoms with van der Waals surface area (Å²) in [5, 5.41) is 0. The largest absolute Gasteiger partial charge is 0.393 e. The normalized spacial score (nSPS) is 19.3. The van der Waals surface area contributed by atoms with E-state index < -0.39 is 9.84 Å². The third-order valence-corrected chi connectivity index (χ3v) is 5.10. The van der Waals surface area contributed by atoms with Gasteiger partial charge in [0.05, 0.1) is 9.88 Å². The zero-order valence-electron chi connectivity index (χ0n) is 11.8. The third-order valence-electron chi connectivity index (χ3n) is 3.64. The molecule has 0 aromatic heterocycles. The highest BCUT2D eigenvalue weighted by Gasteiger charge is 2.26. The monoisotopic (exact) mass is 326 g/mol. The lowest BCUT2D eigenvalue weighted by Crippen LogP contribution is -2.43. The van der Waals surface area contributed by atoms with Gasteiger partial charge in [-0.05, 0) is 37.1 Å². The Morgan fingerprint density at radius 1 is 1.33 bits per heavy atom. The smallest absolute Gasteiger partial charge is 0.253 e. The van der Waals surface area contributed by atoms with Crippen molar-refractivity contribution in [1.82, 2.24) is 4.90 Å². The molecule has 1 saturated heterocycles. The van der Waals surface area contributed by atoms with Crippen LogP contribution in [0.25, 0.3) is 0 Å². The van der Waals surface area contributed by atoms with Crippen molar-refractivity contribution in [2.75, 3.05) is 19.3 Å². The third kappa shape index (κ3) is 3.79. The summed E-state index contributed by atoms with van der Waals surface area (Å²) >= 11 is 5.00. The molecule has 1 atom stereocenters. The molecule has 5 nitrogen and oxygen atoms in total. The molecule has 1 amide bonds. The Kier molecular flexibility index (Phi) is 4.63. The molecule has 1 aromatic rings. The lowest BCUT2D eigenvalue weighted by atomic mass is 9.97. The van der Waals surface area contributed by atoms with Crippen LogP contribution in [0.3, 0.4) is 0 Å². The number of benzene rings is 1. The molecule has 114 valence electrons. The van der Waals surface area contributed by atoms with Crippen molar-refractivity contribution >= 4 is 33.0 Å². The number of rotatable bonds is 3. The average Bonchev–Trinajstić information content (AvgIpc) is 2.46. The molecule has 0 bridgehead atoms. The SMILES string of the molecule is CS(=O)(=O)c1ccc(C(=O)N2CCCC(C(N)=S)C2)cc1. The first-order chi connectivity index (χ1) is 9.79. The Morgan fingerprint density at radius 2 is 1.95 bits per heavy atom. The van der Waals surface area contributed by atoms with Crippen LogP contribution in [0.5, 0.6) is 0 Å². The van der Waals surface area contributed by atoms with Gasteiger partial charge in [0.15, 0.2) is 9.84 Å². The number of nitrogens with zero attached hydrogens (tertiary/aromatic N) is 1. The van der Waals surface area contributed by atoms with Gasteiger partial charge in [-0.25, -0.2) is 8.42 Å². The summed E-state index contributed by atoms with van der Waals surface area (Å²) in [6, 6.07) is 6.00. The summed E-state index contributed by atoms with van der Waals surface area (Å²) in [5.41, 5.74) is 6.14. The van der Waals surface area contributed by atoms with Crippen molar-refractivity contribution in [2.24, 2.45) is 11.7 Å². The topological polar surface area (TPSA) is 80.5 Å². The summed E-state index contributed by atoms with van der Waals surface area (Å²) in [5.74, 6) is -0.0519. The van der Waals surface area contributed by atoms with E-state index in [4.69, 9.17) is 18.0 Å². The summed E-state index contributed by atoms with van der Waals surface area (Å²) in [6.45, 7) is 1.20. The highest BCUT2D eigenvalue weighted by atomic mass is 32.2. The number of hydrogen-bond acceptors (Lipinski definition) is 4. The Labute approximate surface area is 130 Å². The second-order valence-electron chi connectivity index (χ2n) is 5.29. The second-order valence-corrected chi connectivity index (χ2v) is 7.78. The first kappa shape index (κ1) is 15.9. The molecule has 0 radical (unpaired) electrons. The minimum Gasteiger partial charge on any atom is -0.393 e. The van der Waals surface area contributed by atoms with E-state index in [1.807, 2.05) is 0 Å². The van der Waals surface area contributed by atoms with Crippen LogP contribution < -0.4 is 5.73 Å². The van der Waals surface area contributed by atoms with Gasteiger partial charge in [0, 0.05) is 30.8 Å². The number of carbonyl (C=O) groups excluding carboxylic acids is 1. The lowest BCUT2D eigenvalue weighted by Gasteiger charge is -2.32. The fourth-order valence-corrected chi connectivity index (χ4v) is 3.24. The molecule has 7 heteroatoms. The number of nitrogens with two attached hydrogens (primary N) is 1. The van der Waals surface area contributed by atoms with Crippen LogP contribution in [-0.2, 0) is 9.84 Å². The maximum Gasteiger partial charge on any atom is 0.253 e. The Hall–Kier alpha value is -1.47. The van der Waals surface area contributed by atoms with Crippen molar-refractivity contribution < 1.29 is 13.2 Å². The average molecular weight is 326 g/mol. The summed E-state index contributed by atoms with van der Waals surface area (Å²) in [4.78, 5) is 14.8. The highest BCUT2D eigenvalue weighted by Crippen LogP contribution is 2.19. The summed E-state index contributed by atoms with van der Waals surface area (Å²) < 4.78 is 22.8. The van der Waals surface area contributed by atoms with Crippen molar-refractivity contribution in [3.05, 3.63) is 29.8 Å². The fourth-order valence-electron chi connectivity index (χ4n) is 2.42. The van der Waals surface area contributed by atoms with E-state index in [-0.39, 0.29) is 16.7 Å². The van der Waals surface area contributed by atoms with Crippen LogP contribution in [0, 0.1) is 5.92 Å². The van der Waals surface area contributed by atoms with Gasteiger partial charge in [0.2, 0.25) is 0 Å². The lowest BCUT2D eigenvalue weighted by molar-refractivity contribution is 0.0703. The number of hydrogen-bond donors (Lipinski definition) is 1. The van der Waals surface area contributed by atoms with E-state index in [0.717, 1.165) is 19.1 Å². The molecule has 1 aliphatic rings. The van der Waals surface area contributed by atoms with Crippen LogP contribution in [0.2, 0.25) is 0 Å². The van der Waals surface area contributed by atoms with Crippen molar-refractivity contribution in [1.29, 1.82) is 0 Å². The molecule has 1 aliphatic heterocycles. The molecule has 2 rings (SSSR count). The van der Waals surface area contributed by atoms with Crippen molar-refractivity contribution in [2.45, 2.75) is 17.7 Å². The molecule has 1 heterocycles.